The third-order valence-electron chi connectivity index (χ3n) is 9.92. The summed E-state index contributed by atoms with van der Waals surface area (Å²) in [6.45, 7) is 4.56. The predicted octanol–water partition coefficient (Wildman–Crippen LogP) is 13.5. The maximum atomic E-state index is 10.8. The average molecular weight is 705 g/mol. The minimum absolute atomic E-state index is 0.0175. The van der Waals surface area contributed by atoms with Crippen LogP contribution in [0.3, 0.4) is 0 Å². The van der Waals surface area contributed by atoms with Crippen LogP contribution in [0.4, 0.5) is 0 Å². The average Bonchev–Trinajstić information content (AvgIpc) is 3.10. The Morgan fingerprint density at radius 2 is 0.660 bits per heavy atom. The summed E-state index contributed by atoms with van der Waals surface area (Å²) in [6, 6.07) is 7.91. The zero-order valence-electron chi connectivity index (χ0n) is 32.4. The normalized spacial score (nSPS) is 12.5. The van der Waals surface area contributed by atoms with Crippen molar-refractivity contribution in [3.63, 3.8) is 0 Å². The Morgan fingerprint density at radius 3 is 0.920 bits per heavy atom. The monoisotopic (exact) mass is 705 g/mol. The van der Waals surface area contributed by atoms with Gasteiger partial charge in [-0.05, 0) is 75.6 Å². The van der Waals surface area contributed by atoms with Crippen LogP contribution in [-0.4, -0.2) is 35.1 Å². The second kappa shape index (κ2) is 33.7. The van der Waals surface area contributed by atoms with Gasteiger partial charge < -0.3 is 9.47 Å². The molecule has 1 rings (SSSR count). The fraction of sp³-hybridized carbons (Fsp3) is 0.857. The Kier molecular flexibility index (Phi) is 30.8. The van der Waals surface area contributed by atoms with Crippen LogP contribution in [-0.2, 0) is 0 Å². The predicted molar refractivity (Wildman–Crippen MR) is 209 cm³/mol. The molecule has 0 aliphatic carbocycles. The molecule has 0 N–H and O–H groups in total. The topological polar surface area (TPSA) is 105 Å². The molecule has 0 aromatic heterocycles. The molecule has 0 bridgehead atoms. The molecule has 290 valence electrons. The van der Waals surface area contributed by atoms with Gasteiger partial charge in [0.1, 0.15) is 11.5 Å². The van der Waals surface area contributed by atoms with Crippen LogP contribution in [0, 0.1) is 20.2 Å². The molecule has 8 nitrogen and oxygen atoms in total. The zero-order chi connectivity index (χ0) is 36.3. The SMILES string of the molecule is CCCCCCCCCCCCCC(CCCC[N+](=O)[O-])Oc1ccc(OC(CCCCCCCCCCCCC)CCCC[N+](=O)[O-])cc1. The van der Waals surface area contributed by atoms with Gasteiger partial charge >= 0.3 is 0 Å². The molecule has 0 saturated carbocycles. The minimum Gasteiger partial charge on any atom is -0.490 e. The minimum atomic E-state index is -0.231. The van der Waals surface area contributed by atoms with Gasteiger partial charge in [0.05, 0.1) is 12.2 Å². The van der Waals surface area contributed by atoms with Gasteiger partial charge in [-0.25, -0.2) is 0 Å². The number of nitro groups is 2. The van der Waals surface area contributed by atoms with Gasteiger partial charge in [0.15, 0.2) is 0 Å². The Labute approximate surface area is 306 Å². The largest absolute Gasteiger partial charge is 0.490 e. The van der Waals surface area contributed by atoms with Gasteiger partial charge in [-0.1, -0.05) is 142 Å². The summed E-state index contributed by atoms with van der Waals surface area (Å²) in [4.78, 5) is 21.2. The van der Waals surface area contributed by atoms with Crippen molar-refractivity contribution in [2.75, 3.05) is 13.1 Å². The highest BCUT2D eigenvalue weighted by Crippen LogP contribution is 2.25. The lowest BCUT2D eigenvalue weighted by Gasteiger charge is -2.21. The van der Waals surface area contributed by atoms with Crippen LogP contribution in [0.15, 0.2) is 24.3 Å². The van der Waals surface area contributed by atoms with Crippen LogP contribution in [0.1, 0.15) is 206 Å². The number of ether oxygens (including phenoxy) is 2. The first-order valence-electron chi connectivity index (χ1n) is 21.1. The van der Waals surface area contributed by atoms with Gasteiger partial charge in [-0.15, -0.1) is 0 Å². The molecular formula is C42H76N2O6. The Morgan fingerprint density at radius 1 is 0.420 bits per heavy atom. The molecule has 0 radical (unpaired) electrons. The van der Waals surface area contributed by atoms with Crippen molar-refractivity contribution in [3.8, 4) is 11.5 Å². The standard InChI is InChI=1S/C42H76N2O6/c1-3-5-7-9-11-13-15-17-19-21-23-29-39(31-25-27-37-43(45)46)49-41-33-35-42(36-34-41)50-40(32-26-28-38-44(47)48)30-24-22-20-18-16-14-12-10-8-6-4-2/h33-36,39-40H,3-32,37-38H2,1-2H3. The molecule has 2 unspecified atom stereocenters. The van der Waals surface area contributed by atoms with Crippen LogP contribution in [0.25, 0.3) is 0 Å². The molecule has 0 fully saturated rings. The molecule has 0 saturated heterocycles. The van der Waals surface area contributed by atoms with E-state index in [2.05, 4.69) is 13.8 Å². The van der Waals surface area contributed by atoms with Crippen LogP contribution in [0.2, 0.25) is 0 Å². The molecule has 50 heavy (non-hydrogen) atoms. The van der Waals surface area contributed by atoms with E-state index in [9.17, 15) is 20.2 Å². The number of rotatable bonds is 38. The number of hydrogen-bond acceptors (Lipinski definition) is 6. The molecule has 0 spiro atoms. The lowest BCUT2D eigenvalue weighted by molar-refractivity contribution is -0.480. The van der Waals surface area contributed by atoms with Gasteiger partial charge in [-0.2, -0.15) is 0 Å². The smallest absolute Gasteiger partial charge is 0.203 e. The highest BCUT2D eigenvalue weighted by molar-refractivity contribution is 5.31. The molecule has 8 heteroatoms. The highest BCUT2D eigenvalue weighted by atomic mass is 16.6. The molecule has 0 amide bonds. The first-order chi connectivity index (χ1) is 24.4. The van der Waals surface area contributed by atoms with Gasteiger partial charge in [0.25, 0.3) is 0 Å². The summed E-state index contributed by atoms with van der Waals surface area (Å²) < 4.78 is 12.9. The van der Waals surface area contributed by atoms with Crippen molar-refractivity contribution in [2.24, 2.45) is 0 Å². The lowest BCUT2D eigenvalue weighted by Crippen LogP contribution is -2.18. The van der Waals surface area contributed by atoms with Crippen molar-refractivity contribution in [1.82, 2.24) is 0 Å². The highest BCUT2D eigenvalue weighted by Gasteiger charge is 2.14. The van der Waals surface area contributed by atoms with Crippen LogP contribution in [0.5, 0.6) is 11.5 Å². The summed E-state index contributed by atoms with van der Waals surface area (Å²) in [5, 5.41) is 21.6. The fourth-order valence-corrected chi connectivity index (χ4v) is 6.80. The van der Waals surface area contributed by atoms with Crippen molar-refractivity contribution >= 4 is 0 Å². The maximum Gasteiger partial charge on any atom is 0.203 e. The van der Waals surface area contributed by atoms with E-state index in [0.717, 1.165) is 62.9 Å². The molecule has 1 aromatic rings. The molecule has 1 aromatic carbocycles. The molecular weight excluding hydrogens is 628 g/mol. The maximum absolute atomic E-state index is 10.8. The summed E-state index contributed by atoms with van der Waals surface area (Å²) in [7, 11) is 0. The van der Waals surface area contributed by atoms with E-state index in [1.807, 2.05) is 24.3 Å². The molecule has 0 aliphatic heterocycles. The van der Waals surface area contributed by atoms with Crippen molar-refractivity contribution in [3.05, 3.63) is 44.5 Å². The Bertz CT molecular complexity index is 839. The third kappa shape index (κ3) is 29.4. The lowest BCUT2D eigenvalue weighted by atomic mass is 10.0. The summed E-state index contributed by atoms with van der Waals surface area (Å²) >= 11 is 0. The third-order valence-corrected chi connectivity index (χ3v) is 9.92. The molecule has 0 aliphatic rings. The first kappa shape index (κ1) is 45.6. The summed E-state index contributed by atoms with van der Waals surface area (Å²) in [6.07, 6.45) is 35.2. The Balaban J connectivity index is 2.52. The molecule has 0 heterocycles. The fourth-order valence-electron chi connectivity index (χ4n) is 6.80. The van der Waals surface area contributed by atoms with E-state index in [0.29, 0.717) is 12.8 Å². The van der Waals surface area contributed by atoms with E-state index in [1.165, 1.54) is 128 Å². The summed E-state index contributed by atoms with van der Waals surface area (Å²) in [5.74, 6) is 1.63. The van der Waals surface area contributed by atoms with Crippen molar-refractivity contribution in [2.45, 2.75) is 219 Å². The van der Waals surface area contributed by atoms with E-state index in [1.54, 1.807) is 0 Å². The summed E-state index contributed by atoms with van der Waals surface area (Å²) in [5.41, 5.74) is 0. The zero-order valence-corrected chi connectivity index (χ0v) is 32.4. The van der Waals surface area contributed by atoms with Crippen molar-refractivity contribution in [1.29, 1.82) is 0 Å². The van der Waals surface area contributed by atoms with Crippen LogP contribution >= 0.6 is 0 Å². The van der Waals surface area contributed by atoms with E-state index in [4.69, 9.17) is 9.47 Å². The van der Waals surface area contributed by atoms with Gasteiger partial charge in [-0.3, -0.25) is 20.2 Å². The van der Waals surface area contributed by atoms with E-state index in [-0.39, 0.29) is 35.1 Å². The van der Waals surface area contributed by atoms with Gasteiger partial charge in [0, 0.05) is 22.7 Å². The van der Waals surface area contributed by atoms with E-state index < -0.39 is 0 Å². The quantitative estimate of drug-likeness (QED) is 0.0385. The number of unbranched alkanes of at least 4 members (excludes halogenated alkanes) is 22. The first-order valence-corrected chi connectivity index (χ1v) is 21.1. The second-order valence-electron chi connectivity index (χ2n) is 14.7. The van der Waals surface area contributed by atoms with Crippen LogP contribution < -0.4 is 9.47 Å². The van der Waals surface area contributed by atoms with Gasteiger partial charge in [0.2, 0.25) is 13.1 Å². The number of nitrogens with zero attached hydrogens (tertiary/aromatic N) is 2. The number of benzene rings is 1. The van der Waals surface area contributed by atoms with E-state index >= 15 is 0 Å². The second-order valence-corrected chi connectivity index (χ2v) is 14.7. The van der Waals surface area contributed by atoms with Crippen molar-refractivity contribution < 1.29 is 19.3 Å². The Hall–Kier alpha value is -2.38. The number of hydrogen-bond donors (Lipinski definition) is 0. The molecule has 2 atom stereocenters.